The van der Waals surface area contributed by atoms with Gasteiger partial charge in [0.05, 0.1) is 30.0 Å². The van der Waals surface area contributed by atoms with Crippen molar-refractivity contribution in [1.82, 2.24) is 29.6 Å². The number of hydrogen-bond acceptors (Lipinski definition) is 5. The van der Waals surface area contributed by atoms with Crippen LogP contribution in [0.1, 0.15) is 60.9 Å². The summed E-state index contributed by atoms with van der Waals surface area (Å²) in [6.07, 6.45) is 8.18. The summed E-state index contributed by atoms with van der Waals surface area (Å²) in [5.74, 6) is 0.630. The monoisotopic (exact) mass is 368 g/mol. The van der Waals surface area contributed by atoms with Crippen molar-refractivity contribution in [3.8, 4) is 0 Å². The van der Waals surface area contributed by atoms with Gasteiger partial charge in [-0.2, -0.15) is 0 Å². The SMILES string of the molecule is C[C@@H](NC(=O)c1ccc2c(c1)ncn2CCO)c1nncn1C1CCCC1. The Kier molecular flexibility index (Phi) is 4.89. The molecule has 0 bridgehead atoms. The zero-order valence-corrected chi connectivity index (χ0v) is 15.4. The smallest absolute Gasteiger partial charge is 0.251 e. The Balaban J connectivity index is 1.50. The average molecular weight is 368 g/mol. The summed E-state index contributed by atoms with van der Waals surface area (Å²) >= 11 is 0. The van der Waals surface area contributed by atoms with Gasteiger partial charge in [0.25, 0.3) is 5.91 Å². The summed E-state index contributed by atoms with van der Waals surface area (Å²) in [6, 6.07) is 5.61. The van der Waals surface area contributed by atoms with Crippen molar-refractivity contribution < 1.29 is 9.90 Å². The first kappa shape index (κ1) is 17.7. The molecule has 1 fully saturated rings. The van der Waals surface area contributed by atoms with Gasteiger partial charge in [0.1, 0.15) is 6.33 Å². The maximum atomic E-state index is 12.7. The van der Waals surface area contributed by atoms with Crippen molar-refractivity contribution in [2.45, 2.75) is 51.2 Å². The first-order chi connectivity index (χ1) is 13.2. The number of aliphatic hydroxyl groups is 1. The molecule has 8 nitrogen and oxygen atoms in total. The van der Waals surface area contributed by atoms with Gasteiger partial charge in [0.2, 0.25) is 0 Å². The number of carbonyl (C=O) groups excluding carboxylic acids is 1. The normalized spacial score (nSPS) is 16.1. The third-order valence-electron chi connectivity index (χ3n) is 5.28. The highest BCUT2D eigenvalue weighted by molar-refractivity contribution is 5.97. The number of benzene rings is 1. The number of hydrogen-bond donors (Lipinski definition) is 2. The molecule has 1 aromatic carbocycles. The fourth-order valence-electron chi connectivity index (χ4n) is 3.86. The van der Waals surface area contributed by atoms with Crippen LogP contribution in [-0.4, -0.2) is 41.9 Å². The molecule has 1 amide bonds. The molecule has 0 radical (unpaired) electrons. The van der Waals surface area contributed by atoms with E-state index in [9.17, 15) is 4.79 Å². The first-order valence-electron chi connectivity index (χ1n) is 9.43. The van der Waals surface area contributed by atoms with Gasteiger partial charge in [0, 0.05) is 18.2 Å². The summed E-state index contributed by atoms with van der Waals surface area (Å²) in [6.45, 7) is 2.46. The van der Waals surface area contributed by atoms with E-state index in [0.29, 0.717) is 18.2 Å². The van der Waals surface area contributed by atoms with Crippen molar-refractivity contribution in [1.29, 1.82) is 0 Å². The first-order valence-corrected chi connectivity index (χ1v) is 9.43. The molecule has 0 unspecified atom stereocenters. The van der Waals surface area contributed by atoms with Crippen molar-refractivity contribution in [3.05, 3.63) is 42.2 Å². The summed E-state index contributed by atoms with van der Waals surface area (Å²) in [5, 5.41) is 20.4. The Labute approximate surface area is 157 Å². The molecule has 4 rings (SSSR count). The van der Waals surface area contributed by atoms with Crippen molar-refractivity contribution >= 4 is 16.9 Å². The lowest BCUT2D eigenvalue weighted by Crippen LogP contribution is -2.29. The molecule has 3 aromatic rings. The Bertz CT molecular complexity index is 941. The molecule has 27 heavy (non-hydrogen) atoms. The van der Waals surface area contributed by atoms with Crippen LogP contribution in [0.25, 0.3) is 11.0 Å². The minimum absolute atomic E-state index is 0.0485. The number of aliphatic hydroxyl groups excluding tert-OH is 1. The highest BCUT2D eigenvalue weighted by Gasteiger charge is 2.23. The van der Waals surface area contributed by atoms with E-state index in [2.05, 4.69) is 25.1 Å². The number of carbonyl (C=O) groups is 1. The second-order valence-corrected chi connectivity index (χ2v) is 7.09. The molecule has 1 atom stereocenters. The standard InChI is InChI=1S/C19H24N6O2/c1-13(18-23-21-12-25(18)15-4-2-3-5-15)22-19(27)14-6-7-17-16(10-14)20-11-24(17)8-9-26/h6-7,10-13,15,26H,2-5,8-9H2,1H3,(H,22,27)/t13-/m1/s1. The van der Waals surface area contributed by atoms with E-state index in [1.165, 1.54) is 12.8 Å². The summed E-state index contributed by atoms with van der Waals surface area (Å²) < 4.78 is 3.97. The molecular weight excluding hydrogens is 344 g/mol. The molecule has 142 valence electrons. The third-order valence-corrected chi connectivity index (χ3v) is 5.28. The third kappa shape index (κ3) is 3.44. The molecule has 1 aliphatic rings. The van der Waals surface area contributed by atoms with E-state index >= 15 is 0 Å². The Morgan fingerprint density at radius 3 is 2.93 bits per heavy atom. The van der Waals surface area contributed by atoms with Gasteiger partial charge in [-0.25, -0.2) is 4.98 Å². The number of nitrogens with zero attached hydrogens (tertiary/aromatic N) is 5. The molecule has 2 N–H and O–H groups in total. The minimum Gasteiger partial charge on any atom is -0.395 e. The molecule has 0 aliphatic heterocycles. The van der Waals surface area contributed by atoms with Crippen LogP contribution in [0.15, 0.2) is 30.9 Å². The maximum absolute atomic E-state index is 12.7. The van der Waals surface area contributed by atoms with Crippen LogP contribution in [0.3, 0.4) is 0 Å². The zero-order valence-electron chi connectivity index (χ0n) is 15.4. The lowest BCUT2D eigenvalue weighted by molar-refractivity contribution is 0.0937. The van der Waals surface area contributed by atoms with Gasteiger partial charge in [-0.05, 0) is 38.0 Å². The van der Waals surface area contributed by atoms with Crippen LogP contribution in [0.5, 0.6) is 0 Å². The van der Waals surface area contributed by atoms with E-state index in [-0.39, 0.29) is 18.6 Å². The molecule has 2 heterocycles. The fraction of sp³-hybridized carbons (Fsp3) is 0.474. The van der Waals surface area contributed by atoms with E-state index in [1.807, 2.05) is 17.6 Å². The van der Waals surface area contributed by atoms with Gasteiger partial charge in [-0.15, -0.1) is 10.2 Å². The molecule has 2 aromatic heterocycles. The van der Waals surface area contributed by atoms with Gasteiger partial charge in [-0.1, -0.05) is 12.8 Å². The summed E-state index contributed by atoms with van der Waals surface area (Å²) in [4.78, 5) is 17.0. The van der Waals surface area contributed by atoms with E-state index < -0.39 is 0 Å². The van der Waals surface area contributed by atoms with Crippen molar-refractivity contribution in [3.63, 3.8) is 0 Å². The topological polar surface area (TPSA) is 97.9 Å². The quantitative estimate of drug-likeness (QED) is 0.695. The Hall–Kier alpha value is -2.74. The second-order valence-electron chi connectivity index (χ2n) is 7.09. The average Bonchev–Trinajstić information content (AvgIpc) is 3.41. The Morgan fingerprint density at radius 1 is 1.33 bits per heavy atom. The molecule has 8 heteroatoms. The number of rotatable bonds is 6. The van der Waals surface area contributed by atoms with Gasteiger partial charge in [0.15, 0.2) is 5.82 Å². The molecule has 1 aliphatic carbocycles. The van der Waals surface area contributed by atoms with Crippen molar-refractivity contribution in [2.24, 2.45) is 0 Å². The minimum atomic E-state index is -0.233. The number of nitrogens with one attached hydrogen (secondary N) is 1. The number of amides is 1. The highest BCUT2D eigenvalue weighted by atomic mass is 16.3. The van der Waals surface area contributed by atoms with Crippen LogP contribution in [0, 0.1) is 0 Å². The largest absolute Gasteiger partial charge is 0.395 e. The van der Waals surface area contributed by atoms with Crippen LogP contribution in [0.4, 0.5) is 0 Å². The Morgan fingerprint density at radius 2 is 2.15 bits per heavy atom. The van der Waals surface area contributed by atoms with Crippen molar-refractivity contribution in [2.75, 3.05) is 6.61 Å². The predicted octanol–water partition coefficient (Wildman–Crippen LogP) is 2.23. The predicted molar refractivity (Wildman–Crippen MR) is 100 cm³/mol. The van der Waals surface area contributed by atoms with Gasteiger partial charge < -0.3 is 19.6 Å². The lowest BCUT2D eigenvalue weighted by Gasteiger charge is -2.18. The summed E-state index contributed by atoms with van der Waals surface area (Å²) in [7, 11) is 0. The highest BCUT2D eigenvalue weighted by Crippen LogP contribution is 2.31. The number of aromatic nitrogens is 5. The van der Waals surface area contributed by atoms with E-state index in [4.69, 9.17) is 5.11 Å². The molecule has 0 saturated heterocycles. The number of fused-ring (bicyclic) bond motifs is 1. The van der Waals surface area contributed by atoms with Crippen LogP contribution in [0.2, 0.25) is 0 Å². The lowest BCUT2D eigenvalue weighted by atomic mass is 10.1. The van der Waals surface area contributed by atoms with Gasteiger partial charge in [-0.3, -0.25) is 4.79 Å². The van der Waals surface area contributed by atoms with Crippen LogP contribution >= 0.6 is 0 Å². The van der Waals surface area contributed by atoms with E-state index in [1.54, 1.807) is 24.8 Å². The van der Waals surface area contributed by atoms with Crippen LogP contribution < -0.4 is 5.32 Å². The molecular formula is C19H24N6O2. The van der Waals surface area contributed by atoms with E-state index in [0.717, 1.165) is 29.7 Å². The molecule has 1 saturated carbocycles. The van der Waals surface area contributed by atoms with Crippen LogP contribution in [-0.2, 0) is 6.54 Å². The summed E-state index contributed by atoms with van der Waals surface area (Å²) in [5.41, 5.74) is 2.18. The number of imidazole rings is 1. The van der Waals surface area contributed by atoms with Gasteiger partial charge >= 0.3 is 0 Å². The zero-order chi connectivity index (χ0) is 18.8. The fourth-order valence-corrected chi connectivity index (χ4v) is 3.86. The second kappa shape index (κ2) is 7.48. The maximum Gasteiger partial charge on any atom is 0.251 e. The molecule has 0 spiro atoms.